The Hall–Kier alpha value is -4.18. The molecule has 1 aliphatic rings. The first-order chi connectivity index (χ1) is 17.5. The second-order valence-electron chi connectivity index (χ2n) is 8.09. The first kappa shape index (κ1) is 23.6. The van der Waals surface area contributed by atoms with Crippen LogP contribution in [0.4, 0.5) is 11.6 Å². The molecular weight excluding hydrogens is 524 g/mol. The van der Waals surface area contributed by atoms with Gasteiger partial charge in [0.2, 0.25) is 5.95 Å². The summed E-state index contributed by atoms with van der Waals surface area (Å²) in [6.07, 6.45) is 3.26. The number of methoxy groups -OCH3 is 2. The summed E-state index contributed by atoms with van der Waals surface area (Å²) >= 11 is 3.49. The Morgan fingerprint density at radius 3 is 2.56 bits per heavy atom. The zero-order chi connectivity index (χ0) is 25.2. The van der Waals surface area contributed by atoms with Crippen LogP contribution in [0.2, 0.25) is 0 Å². The summed E-state index contributed by atoms with van der Waals surface area (Å²) in [7, 11) is 3.17. The highest BCUT2D eigenvalue weighted by Crippen LogP contribution is 2.38. The molecule has 3 heterocycles. The Morgan fingerprint density at radius 1 is 1.08 bits per heavy atom. The van der Waals surface area contributed by atoms with E-state index in [9.17, 15) is 4.79 Å². The van der Waals surface area contributed by atoms with Crippen LogP contribution in [-0.2, 0) is 4.79 Å². The minimum absolute atomic E-state index is 0.255. The van der Waals surface area contributed by atoms with Crippen LogP contribution < -0.4 is 20.1 Å². The van der Waals surface area contributed by atoms with E-state index in [0.29, 0.717) is 40.2 Å². The number of benzene rings is 2. The average Bonchev–Trinajstić information content (AvgIpc) is 3.32. The molecule has 2 N–H and O–H groups in total. The molecule has 2 aromatic heterocycles. The second kappa shape index (κ2) is 9.82. The lowest BCUT2D eigenvalue weighted by Crippen LogP contribution is -2.31. The number of ether oxygens (including phenoxy) is 2. The van der Waals surface area contributed by atoms with Gasteiger partial charge >= 0.3 is 0 Å². The SMILES string of the molecule is COc1ccc(-c2nc3n(n2)C(c2ccc(Br)cc2)C(C(=O)Nc2cccnc2)=C(C)N3)cc1OC. The zero-order valence-electron chi connectivity index (χ0n) is 19.8. The number of carbonyl (C=O) groups excluding carboxylic acids is 1. The number of nitrogens with zero attached hydrogens (tertiary/aromatic N) is 4. The maximum atomic E-state index is 13.5. The van der Waals surface area contributed by atoms with Crippen LogP contribution in [0.5, 0.6) is 11.5 Å². The van der Waals surface area contributed by atoms with Crippen LogP contribution in [0, 0.1) is 0 Å². The van der Waals surface area contributed by atoms with Gasteiger partial charge in [0, 0.05) is 21.9 Å². The van der Waals surface area contributed by atoms with Gasteiger partial charge in [-0.05, 0) is 55.0 Å². The van der Waals surface area contributed by atoms with Gasteiger partial charge in [-0.25, -0.2) is 4.68 Å². The van der Waals surface area contributed by atoms with Crippen molar-refractivity contribution < 1.29 is 14.3 Å². The molecule has 1 unspecified atom stereocenters. The van der Waals surface area contributed by atoms with E-state index in [2.05, 4.69) is 31.5 Å². The normalized spacial score (nSPS) is 14.6. The largest absolute Gasteiger partial charge is 0.493 e. The number of halogens is 1. The summed E-state index contributed by atoms with van der Waals surface area (Å²) in [4.78, 5) is 22.4. The van der Waals surface area contributed by atoms with Crippen molar-refractivity contribution in [1.82, 2.24) is 19.7 Å². The molecule has 0 radical (unpaired) electrons. The van der Waals surface area contributed by atoms with Gasteiger partial charge in [0.05, 0.1) is 31.7 Å². The van der Waals surface area contributed by atoms with Gasteiger partial charge in [-0.1, -0.05) is 28.1 Å². The van der Waals surface area contributed by atoms with Crippen molar-refractivity contribution >= 4 is 33.5 Å². The van der Waals surface area contributed by atoms with Crippen LogP contribution in [-0.4, -0.2) is 39.9 Å². The Kier molecular flexibility index (Phi) is 6.43. The molecule has 5 rings (SSSR count). The van der Waals surface area contributed by atoms with E-state index >= 15 is 0 Å². The fourth-order valence-electron chi connectivity index (χ4n) is 4.13. The second-order valence-corrected chi connectivity index (χ2v) is 9.00. The zero-order valence-corrected chi connectivity index (χ0v) is 21.4. The van der Waals surface area contributed by atoms with Crippen molar-refractivity contribution in [2.75, 3.05) is 24.9 Å². The Bertz CT molecular complexity index is 1450. The van der Waals surface area contributed by atoms with Gasteiger partial charge < -0.3 is 20.1 Å². The number of amides is 1. The van der Waals surface area contributed by atoms with Crippen LogP contribution in [0.3, 0.4) is 0 Å². The number of aromatic nitrogens is 4. The molecule has 10 heteroatoms. The summed E-state index contributed by atoms with van der Waals surface area (Å²) in [5, 5.41) is 11.0. The summed E-state index contributed by atoms with van der Waals surface area (Å²) in [5.41, 5.74) is 3.46. The molecule has 0 saturated heterocycles. The van der Waals surface area contributed by atoms with E-state index in [4.69, 9.17) is 19.6 Å². The lowest BCUT2D eigenvalue weighted by Gasteiger charge is -2.28. The Labute approximate surface area is 216 Å². The van der Waals surface area contributed by atoms with Crippen LogP contribution >= 0.6 is 15.9 Å². The van der Waals surface area contributed by atoms with Gasteiger partial charge in [-0.2, -0.15) is 4.98 Å². The van der Waals surface area contributed by atoms with E-state index in [1.165, 1.54) is 0 Å². The molecule has 1 amide bonds. The number of rotatable bonds is 6. The van der Waals surface area contributed by atoms with Crippen molar-refractivity contribution in [2.45, 2.75) is 13.0 Å². The van der Waals surface area contributed by atoms with E-state index < -0.39 is 6.04 Å². The smallest absolute Gasteiger partial charge is 0.255 e. The molecule has 0 spiro atoms. The first-order valence-corrected chi connectivity index (χ1v) is 11.9. The summed E-state index contributed by atoms with van der Waals surface area (Å²) in [6, 6.07) is 16.4. The third-order valence-electron chi connectivity index (χ3n) is 5.84. The van der Waals surface area contributed by atoms with Gasteiger partial charge in [-0.3, -0.25) is 9.78 Å². The maximum Gasteiger partial charge on any atom is 0.255 e. The fourth-order valence-corrected chi connectivity index (χ4v) is 4.40. The molecule has 36 heavy (non-hydrogen) atoms. The third kappa shape index (κ3) is 4.42. The molecule has 9 nitrogen and oxygen atoms in total. The summed E-state index contributed by atoms with van der Waals surface area (Å²) < 4.78 is 13.5. The predicted octanol–water partition coefficient (Wildman–Crippen LogP) is 5.05. The molecule has 0 fully saturated rings. The number of fused-ring (bicyclic) bond motifs is 1. The maximum absolute atomic E-state index is 13.5. The predicted molar refractivity (Wildman–Crippen MR) is 140 cm³/mol. The molecule has 1 aliphatic heterocycles. The minimum Gasteiger partial charge on any atom is -0.493 e. The van der Waals surface area contributed by atoms with Gasteiger partial charge in [0.15, 0.2) is 17.3 Å². The number of carbonyl (C=O) groups is 1. The molecule has 0 aliphatic carbocycles. The number of hydrogen-bond acceptors (Lipinski definition) is 7. The standard InChI is InChI=1S/C26H23BrN6O3/c1-15-22(25(34)30-19-5-4-12-28-14-19)23(16-6-9-18(27)10-7-16)33-26(29-15)31-24(32-33)17-8-11-20(35-2)21(13-17)36-3/h4-14,23H,1-3H3,(H,30,34)(H,29,31,32). The van der Waals surface area contributed by atoms with E-state index in [0.717, 1.165) is 15.6 Å². The molecule has 0 bridgehead atoms. The number of hydrogen-bond donors (Lipinski definition) is 2. The monoisotopic (exact) mass is 546 g/mol. The number of allylic oxidation sites excluding steroid dienone is 1. The lowest BCUT2D eigenvalue weighted by molar-refractivity contribution is -0.113. The van der Waals surface area contributed by atoms with E-state index in [-0.39, 0.29) is 5.91 Å². The van der Waals surface area contributed by atoms with Crippen molar-refractivity contribution in [3.05, 3.63) is 88.3 Å². The number of nitrogens with one attached hydrogen (secondary N) is 2. The van der Waals surface area contributed by atoms with Crippen molar-refractivity contribution in [3.63, 3.8) is 0 Å². The molecule has 182 valence electrons. The van der Waals surface area contributed by atoms with Crippen molar-refractivity contribution in [1.29, 1.82) is 0 Å². The fraction of sp³-hybridized carbons (Fsp3) is 0.154. The molecule has 0 saturated carbocycles. The topological polar surface area (TPSA) is 103 Å². The Balaban J connectivity index is 1.59. The van der Waals surface area contributed by atoms with Crippen molar-refractivity contribution in [2.24, 2.45) is 0 Å². The van der Waals surface area contributed by atoms with Crippen LogP contribution in [0.25, 0.3) is 11.4 Å². The Morgan fingerprint density at radius 2 is 1.86 bits per heavy atom. The van der Waals surface area contributed by atoms with E-state index in [1.54, 1.807) is 43.4 Å². The highest BCUT2D eigenvalue weighted by Gasteiger charge is 2.34. The molecular formula is C26H23BrN6O3. The number of pyridine rings is 1. The summed E-state index contributed by atoms with van der Waals surface area (Å²) in [6.45, 7) is 1.86. The highest BCUT2D eigenvalue weighted by atomic mass is 79.9. The van der Waals surface area contributed by atoms with Gasteiger partial charge in [0.25, 0.3) is 5.91 Å². The molecule has 1 atom stereocenters. The molecule has 4 aromatic rings. The van der Waals surface area contributed by atoms with Gasteiger partial charge in [-0.15, -0.1) is 5.10 Å². The quantitative estimate of drug-likeness (QED) is 0.348. The van der Waals surface area contributed by atoms with Gasteiger partial charge in [0.1, 0.15) is 6.04 Å². The highest BCUT2D eigenvalue weighted by molar-refractivity contribution is 9.10. The molecule has 2 aromatic carbocycles. The number of anilines is 2. The van der Waals surface area contributed by atoms with Crippen molar-refractivity contribution in [3.8, 4) is 22.9 Å². The van der Waals surface area contributed by atoms with Crippen LogP contribution in [0.15, 0.2) is 82.7 Å². The van der Waals surface area contributed by atoms with Crippen LogP contribution in [0.1, 0.15) is 18.5 Å². The van der Waals surface area contributed by atoms with E-state index in [1.807, 2.05) is 49.4 Å². The minimum atomic E-state index is -0.507. The first-order valence-electron chi connectivity index (χ1n) is 11.1. The third-order valence-corrected chi connectivity index (χ3v) is 6.37. The lowest BCUT2D eigenvalue weighted by atomic mass is 9.95. The summed E-state index contributed by atoms with van der Waals surface area (Å²) in [5.74, 6) is 1.95. The average molecular weight is 547 g/mol.